The van der Waals surface area contributed by atoms with E-state index in [2.05, 4.69) is 4.98 Å². The molecule has 4 nitrogen and oxygen atoms in total. The summed E-state index contributed by atoms with van der Waals surface area (Å²) in [6.45, 7) is 1.44. The van der Waals surface area contributed by atoms with Crippen molar-refractivity contribution in [1.29, 1.82) is 0 Å². The summed E-state index contributed by atoms with van der Waals surface area (Å²) in [5.74, 6) is 0. The zero-order chi connectivity index (χ0) is 9.84. The van der Waals surface area contributed by atoms with E-state index in [0.717, 1.165) is 6.54 Å². The first kappa shape index (κ1) is 10.2. The lowest BCUT2D eigenvalue weighted by molar-refractivity contribution is 0.380. The van der Waals surface area contributed by atoms with Crippen LogP contribution in [0.2, 0.25) is 5.15 Å². The third-order valence-corrected chi connectivity index (χ3v) is 1.92. The Balaban J connectivity index is 2.78. The molecule has 0 aromatic carbocycles. The second-order valence-electron chi connectivity index (χ2n) is 3.02. The molecule has 1 aromatic heterocycles. The van der Waals surface area contributed by atoms with Gasteiger partial charge in [-0.2, -0.15) is 0 Å². The fourth-order valence-corrected chi connectivity index (χ4v) is 1.07. The summed E-state index contributed by atoms with van der Waals surface area (Å²) in [5.41, 5.74) is -0.231. The molecule has 0 aliphatic carbocycles. The summed E-state index contributed by atoms with van der Waals surface area (Å²) in [4.78, 5) is 17.0. The average Bonchev–Trinajstić information content (AvgIpc) is 2.07. The molecule has 0 saturated heterocycles. The fourth-order valence-electron chi connectivity index (χ4n) is 0.904. The Kier molecular flexibility index (Phi) is 3.45. The lowest BCUT2D eigenvalue weighted by Gasteiger charge is -2.10. The molecule has 5 heteroatoms. The van der Waals surface area contributed by atoms with E-state index >= 15 is 0 Å². The maximum Gasteiger partial charge on any atom is 0.288 e. The normalized spacial score (nSPS) is 10.8. The standard InChI is InChI=1S/C8H12ClN3O/c1-11(2)5-6-12-4-3-10-7(9)8(12)13/h3-4H,5-6H2,1-2H3. The number of aromatic nitrogens is 2. The molecule has 1 heterocycles. The average molecular weight is 202 g/mol. The van der Waals surface area contributed by atoms with Gasteiger partial charge in [0.25, 0.3) is 5.56 Å². The number of likely N-dealkylation sites (N-methyl/N-ethyl adjacent to an activating group) is 1. The van der Waals surface area contributed by atoms with Crippen molar-refractivity contribution in [3.05, 3.63) is 27.9 Å². The van der Waals surface area contributed by atoms with Gasteiger partial charge in [-0.1, -0.05) is 11.6 Å². The van der Waals surface area contributed by atoms with Gasteiger partial charge in [-0.05, 0) is 14.1 Å². The molecule has 0 aliphatic heterocycles. The largest absolute Gasteiger partial charge is 0.310 e. The summed E-state index contributed by atoms with van der Waals surface area (Å²) >= 11 is 5.57. The van der Waals surface area contributed by atoms with Crippen LogP contribution in [0.25, 0.3) is 0 Å². The molecule has 0 N–H and O–H groups in total. The summed E-state index contributed by atoms with van der Waals surface area (Å²) in [5, 5.41) is 0.0289. The van der Waals surface area contributed by atoms with Gasteiger partial charge in [-0.3, -0.25) is 4.79 Å². The van der Waals surface area contributed by atoms with Crippen LogP contribution >= 0.6 is 11.6 Å². The predicted octanol–water partition coefficient (Wildman–Crippen LogP) is 0.458. The monoisotopic (exact) mass is 201 g/mol. The van der Waals surface area contributed by atoms with Gasteiger partial charge in [0.05, 0.1) is 0 Å². The van der Waals surface area contributed by atoms with Crippen molar-refractivity contribution in [3.8, 4) is 0 Å². The van der Waals surface area contributed by atoms with Crippen molar-refractivity contribution in [2.75, 3.05) is 20.6 Å². The maximum atomic E-state index is 11.3. The van der Waals surface area contributed by atoms with Crippen LogP contribution in [0, 0.1) is 0 Å². The summed E-state index contributed by atoms with van der Waals surface area (Å²) in [6.07, 6.45) is 3.16. The highest BCUT2D eigenvalue weighted by atomic mass is 35.5. The molecule has 1 aromatic rings. The fraction of sp³-hybridized carbons (Fsp3) is 0.500. The Labute approximate surface area is 81.8 Å². The van der Waals surface area contributed by atoms with Crippen LogP contribution in [-0.4, -0.2) is 35.1 Å². The second kappa shape index (κ2) is 4.39. The maximum absolute atomic E-state index is 11.3. The molecule has 0 fully saturated rings. The third kappa shape index (κ3) is 2.82. The summed E-state index contributed by atoms with van der Waals surface area (Å²) in [7, 11) is 3.90. The van der Waals surface area contributed by atoms with Gasteiger partial charge < -0.3 is 9.47 Å². The SMILES string of the molecule is CN(C)CCn1ccnc(Cl)c1=O. The van der Waals surface area contributed by atoms with Gasteiger partial charge in [0.1, 0.15) is 0 Å². The molecule has 0 aliphatic rings. The minimum Gasteiger partial charge on any atom is -0.310 e. The minimum atomic E-state index is -0.231. The van der Waals surface area contributed by atoms with Crippen LogP contribution in [0.3, 0.4) is 0 Å². The van der Waals surface area contributed by atoms with Gasteiger partial charge >= 0.3 is 0 Å². The first-order valence-corrected chi connectivity index (χ1v) is 4.34. The number of rotatable bonds is 3. The van der Waals surface area contributed by atoms with E-state index in [4.69, 9.17) is 11.6 Å². The van der Waals surface area contributed by atoms with E-state index in [1.165, 1.54) is 6.20 Å². The molecular weight excluding hydrogens is 190 g/mol. The predicted molar refractivity (Wildman–Crippen MR) is 52.1 cm³/mol. The summed E-state index contributed by atoms with van der Waals surface area (Å²) in [6, 6.07) is 0. The summed E-state index contributed by atoms with van der Waals surface area (Å²) < 4.78 is 1.55. The van der Waals surface area contributed by atoms with Gasteiger partial charge in [-0.15, -0.1) is 0 Å². The molecule has 0 radical (unpaired) electrons. The number of nitrogens with zero attached hydrogens (tertiary/aromatic N) is 3. The highest BCUT2D eigenvalue weighted by Gasteiger charge is 2.00. The van der Waals surface area contributed by atoms with Crippen LogP contribution in [0.15, 0.2) is 17.2 Å². The van der Waals surface area contributed by atoms with Crippen molar-refractivity contribution < 1.29 is 0 Å². The molecule has 0 spiro atoms. The first-order chi connectivity index (χ1) is 6.11. The molecule has 0 unspecified atom stereocenters. The smallest absolute Gasteiger partial charge is 0.288 e. The van der Waals surface area contributed by atoms with E-state index in [1.807, 2.05) is 19.0 Å². The van der Waals surface area contributed by atoms with E-state index in [9.17, 15) is 4.79 Å². The zero-order valence-corrected chi connectivity index (χ0v) is 8.45. The Morgan fingerprint density at radius 1 is 1.62 bits per heavy atom. The van der Waals surface area contributed by atoms with E-state index in [0.29, 0.717) is 6.54 Å². The first-order valence-electron chi connectivity index (χ1n) is 3.97. The number of hydrogen-bond acceptors (Lipinski definition) is 3. The molecule has 72 valence electrons. The van der Waals surface area contributed by atoms with Crippen LogP contribution in [0.4, 0.5) is 0 Å². The Morgan fingerprint density at radius 2 is 2.31 bits per heavy atom. The van der Waals surface area contributed by atoms with Crippen molar-refractivity contribution in [2.24, 2.45) is 0 Å². The van der Waals surface area contributed by atoms with Gasteiger partial charge in [0.15, 0.2) is 5.15 Å². The highest BCUT2D eigenvalue weighted by Crippen LogP contribution is 1.93. The van der Waals surface area contributed by atoms with Gasteiger partial charge in [0.2, 0.25) is 0 Å². The van der Waals surface area contributed by atoms with Crippen molar-refractivity contribution >= 4 is 11.6 Å². The lowest BCUT2D eigenvalue weighted by atomic mass is 10.5. The minimum absolute atomic E-state index is 0.0289. The van der Waals surface area contributed by atoms with Gasteiger partial charge in [-0.25, -0.2) is 4.98 Å². The van der Waals surface area contributed by atoms with Crippen LogP contribution in [-0.2, 0) is 6.54 Å². The third-order valence-electron chi connectivity index (χ3n) is 1.66. The molecule has 13 heavy (non-hydrogen) atoms. The zero-order valence-electron chi connectivity index (χ0n) is 7.70. The molecule has 0 saturated carbocycles. The van der Waals surface area contributed by atoms with Crippen LogP contribution < -0.4 is 5.56 Å². The van der Waals surface area contributed by atoms with Gasteiger partial charge in [0, 0.05) is 25.5 Å². The van der Waals surface area contributed by atoms with E-state index in [1.54, 1.807) is 10.8 Å². The van der Waals surface area contributed by atoms with Crippen molar-refractivity contribution in [1.82, 2.24) is 14.5 Å². The quantitative estimate of drug-likeness (QED) is 0.713. The Morgan fingerprint density at radius 3 is 2.92 bits per heavy atom. The van der Waals surface area contributed by atoms with E-state index in [-0.39, 0.29) is 10.7 Å². The molecule has 1 rings (SSSR count). The molecular formula is C8H12ClN3O. The van der Waals surface area contributed by atoms with E-state index < -0.39 is 0 Å². The number of halogens is 1. The lowest BCUT2D eigenvalue weighted by Crippen LogP contribution is -2.26. The molecule has 0 amide bonds. The topological polar surface area (TPSA) is 38.1 Å². The van der Waals surface area contributed by atoms with Crippen molar-refractivity contribution in [2.45, 2.75) is 6.54 Å². The molecule has 0 bridgehead atoms. The Bertz CT molecular complexity index is 334. The van der Waals surface area contributed by atoms with Crippen molar-refractivity contribution in [3.63, 3.8) is 0 Å². The van der Waals surface area contributed by atoms with Crippen LogP contribution in [0.5, 0.6) is 0 Å². The van der Waals surface area contributed by atoms with Crippen LogP contribution in [0.1, 0.15) is 0 Å². The number of hydrogen-bond donors (Lipinski definition) is 0. The molecule has 0 atom stereocenters. The highest BCUT2D eigenvalue weighted by molar-refractivity contribution is 6.29. The Hall–Kier alpha value is -0.870. The second-order valence-corrected chi connectivity index (χ2v) is 3.38.